The van der Waals surface area contributed by atoms with E-state index in [2.05, 4.69) is 26.2 Å². The van der Waals surface area contributed by atoms with E-state index in [1.165, 1.54) is 12.6 Å². The summed E-state index contributed by atoms with van der Waals surface area (Å²) in [5.41, 5.74) is 0.507. The van der Waals surface area contributed by atoms with Gasteiger partial charge in [-0.25, -0.2) is 4.98 Å². The summed E-state index contributed by atoms with van der Waals surface area (Å²) in [6, 6.07) is 1.57. The Bertz CT molecular complexity index is 279. The number of rotatable bonds is 2. The van der Waals surface area contributed by atoms with E-state index in [9.17, 15) is 4.79 Å². The van der Waals surface area contributed by atoms with Crippen LogP contribution in [-0.2, 0) is 4.79 Å². The lowest BCUT2D eigenvalue weighted by atomic mass is 10.4. The van der Waals surface area contributed by atoms with Crippen LogP contribution < -0.4 is 5.32 Å². The molecule has 0 aliphatic rings. The summed E-state index contributed by atoms with van der Waals surface area (Å²) in [5, 5.41) is 2.78. The Kier molecular flexibility index (Phi) is 2.84. The van der Waals surface area contributed by atoms with Crippen LogP contribution in [0, 0.1) is 0 Å². The highest BCUT2D eigenvalue weighted by atomic mass is 79.9. The molecule has 1 aromatic heterocycles. The monoisotopic (exact) mass is 233 g/mol. The molecule has 11 heavy (non-hydrogen) atoms. The van der Waals surface area contributed by atoms with Crippen LogP contribution in [0.15, 0.2) is 16.9 Å². The third kappa shape index (κ3) is 2.17. The zero-order valence-electron chi connectivity index (χ0n) is 5.27. The van der Waals surface area contributed by atoms with Crippen molar-refractivity contribution < 1.29 is 4.79 Å². The molecular weight excluding hydrogens is 231 g/mol. The number of halogens is 2. The molecule has 0 fully saturated rings. The maximum Gasteiger partial charge on any atom is 0.314 e. The van der Waals surface area contributed by atoms with E-state index in [0.717, 1.165) is 0 Å². The molecule has 1 N–H and O–H groups in total. The number of nitrogens with zero attached hydrogens (tertiary/aromatic N) is 1. The van der Waals surface area contributed by atoms with Crippen LogP contribution in [0.25, 0.3) is 0 Å². The highest BCUT2D eigenvalue weighted by Crippen LogP contribution is 2.22. The summed E-state index contributed by atoms with van der Waals surface area (Å²) >= 11 is 8.72. The Morgan fingerprint density at radius 2 is 2.45 bits per heavy atom. The smallest absolute Gasteiger partial charge is 0.314 e. The van der Waals surface area contributed by atoms with Crippen molar-refractivity contribution in [3.8, 4) is 0 Å². The van der Waals surface area contributed by atoms with E-state index >= 15 is 0 Å². The lowest BCUT2D eigenvalue weighted by Gasteiger charge is -1.99. The van der Waals surface area contributed by atoms with Crippen molar-refractivity contribution in [2.75, 3.05) is 5.32 Å². The average Bonchev–Trinajstić information content (AvgIpc) is 1.98. The number of pyridine rings is 1. The third-order valence-corrected chi connectivity index (χ3v) is 1.83. The van der Waals surface area contributed by atoms with Gasteiger partial charge in [0, 0.05) is 6.20 Å². The molecule has 1 rings (SSSR count). The molecule has 0 spiro atoms. The van der Waals surface area contributed by atoms with Crippen molar-refractivity contribution in [1.29, 1.82) is 0 Å². The molecular formula is C6H3BrClN2O. The van der Waals surface area contributed by atoms with Crippen LogP contribution in [0.3, 0.4) is 0 Å². The average molecular weight is 234 g/mol. The summed E-state index contributed by atoms with van der Waals surface area (Å²) in [5.74, 6) is 0. The van der Waals surface area contributed by atoms with Gasteiger partial charge in [0.1, 0.15) is 4.60 Å². The lowest BCUT2D eigenvalue weighted by molar-refractivity contribution is 0.561. The van der Waals surface area contributed by atoms with Crippen LogP contribution in [0.4, 0.5) is 5.69 Å². The van der Waals surface area contributed by atoms with Crippen LogP contribution in [0.2, 0.25) is 5.02 Å². The summed E-state index contributed by atoms with van der Waals surface area (Å²) in [6.45, 7) is 0. The first-order chi connectivity index (χ1) is 5.24. The van der Waals surface area contributed by atoms with E-state index in [0.29, 0.717) is 15.3 Å². The highest BCUT2D eigenvalue weighted by molar-refractivity contribution is 9.10. The molecule has 0 unspecified atom stereocenters. The van der Waals surface area contributed by atoms with Gasteiger partial charge in [-0.3, -0.25) is 4.79 Å². The van der Waals surface area contributed by atoms with Crippen molar-refractivity contribution in [3.63, 3.8) is 0 Å². The fourth-order valence-corrected chi connectivity index (χ4v) is 1.04. The molecule has 5 heteroatoms. The van der Waals surface area contributed by atoms with Crippen LogP contribution in [0.5, 0.6) is 0 Å². The predicted molar refractivity (Wildman–Crippen MR) is 46.3 cm³/mol. The maximum atomic E-state index is 9.91. The van der Waals surface area contributed by atoms with Crippen LogP contribution in [0.1, 0.15) is 0 Å². The topological polar surface area (TPSA) is 42.0 Å². The molecule has 1 amide bonds. The van der Waals surface area contributed by atoms with Gasteiger partial charge in [-0.1, -0.05) is 11.6 Å². The van der Waals surface area contributed by atoms with E-state index in [4.69, 9.17) is 11.6 Å². The molecule has 0 bridgehead atoms. The first-order valence-electron chi connectivity index (χ1n) is 2.68. The van der Waals surface area contributed by atoms with Gasteiger partial charge < -0.3 is 5.32 Å². The third-order valence-electron chi connectivity index (χ3n) is 0.991. The van der Waals surface area contributed by atoms with Gasteiger partial charge in [0.2, 0.25) is 0 Å². The van der Waals surface area contributed by atoms with Crippen LogP contribution in [-0.4, -0.2) is 11.4 Å². The molecule has 0 aliphatic carbocycles. The first kappa shape index (κ1) is 8.49. The highest BCUT2D eigenvalue weighted by Gasteiger charge is 1.99. The van der Waals surface area contributed by atoms with Gasteiger partial charge in [-0.05, 0) is 22.0 Å². The Hall–Kier alpha value is -0.610. The first-order valence-corrected chi connectivity index (χ1v) is 3.85. The molecule has 57 valence electrons. The number of hydrogen-bond donors (Lipinski definition) is 1. The van der Waals surface area contributed by atoms with E-state index < -0.39 is 0 Å². The molecule has 0 saturated carbocycles. The van der Waals surface area contributed by atoms with Crippen LogP contribution >= 0.6 is 27.5 Å². The summed E-state index contributed by atoms with van der Waals surface area (Å²) in [4.78, 5) is 13.8. The van der Waals surface area contributed by atoms with Gasteiger partial charge >= 0.3 is 6.41 Å². The molecule has 3 nitrogen and oxygen atoms in total. The number of aromatic nitrogens is 1. The molecule has 1 heterocycles. The summed E-state index contributed by atoms with van der Waals surface area (Å²) < 4.78 is 0.533. The minimum atomic E-state index is 0.464. The predicted octanol–water partition coefficient (Wildman–Crippen LogP) is 1.98. The number of amides is 1. The number of nitrogens with one attached hydrogen (secondary N) is 1. The van der Waals surface area contributed by atoms with Gasteiger partial charge in [-0.15, -0.1) is 0 Å². The van der Waals surface area contributed by atoms with Crippen molar-refractivity contribution in [2.24, 2.45) is 0 Å². The van der Waals surface area contributed by atoms with E-state index in [-0.39, 0.29) is 0 Å². The fourth-order valence-electron chi connectivity index (χ4n) is 0.565. The molecule has 0 saturated heterocycles. The van der Waals surface area contributed by atoms with Gasteiger partial charge in [0.05, 0.1) is 10.7 Å². The number of anilines is 1. The second-order valence-electron chi connectivity index (χ2n) is 1.72. The van der Waals surface area contributed by atoms with Gasteiger partial charge in [0.25, 0.3) is 0 Å². The molecule has 0 aromatic carbocycles. The van der Waals surface area contributed by atoms with E-state index in [1.54, 1.807) is 6.07 Å². The summed E-state index contributed by atoms with van der Waals surface area (Å²) in [7, 11) is 0. The fraction of sp³-hybridized carbons (Fsp3) is 0. The van der Waals surface area contributed by atoms with E-state index in [1.807, 2.05) is 0 Å². The Morgan fingerprint density at radius 3 is 3.09 bits per heavy atom. The van der Waals surface area contributed by atoms with Crippen molar-refractivity contribution >= 4 is 39.6 Å². The lowest BCUT2D eigenvalue weighted by Crippen LogP contribution is -1.95. The second-order valence-corrected chi connectivity index (χ2v) is 2.91. The van der Waals surface area contributed by atoms with Crippen molar-refractivity contribution in [3.05, 3.63) is 21.9 Å². The molecule has 0 aliphatic heterocycles. The largest absolute Gasteiger partial charge is 0.315 e. The molecule has 1 aromatic rings. The second kappa shape index (κ2) is 3.69. The number of carbonyl (C=O) groups excluding carboxylic acids is 1. The van der Waals surface area contributed by atoms with Crippen molar-refractivity contribution in [2.45, 2.75) is 0 Å². The Balaban J connectivity index is 3.01. The SMILES string of the molecule is O=[C]Nc1cc(Cl)cnc1Br. The maximum absolute atomic E-state index is 9.91. The zero-order chi connectivity index (χ0) is 8.27. The standard InChI is InChI=1S/C6H3BrClN2O/c7-6-5(10-3-11)1-4(8)2-9-6/h1-2H,(H,10,11). The number of hydrogen-bond acceptors (Lipinski definition) is 2. The molecule has 0 atom stereocenters. The van der Waals surface area contributed by atoms with Crippen molar-refractivity contribution in [1.82, 2.24) is 4.98 Å². The quantitative estimate of drug-likeness (QED) is 0.628. The minimum Gasteiger partial charge on any atom is -0.315 e. The summed E-state index contributed by atoms with van der Waals surface area (Å²) in [6.07, 6.45) is 3.00. The van der Waals surface area contributed by atoms with Gasteiger partial charge in [-0.2, -0.15) is 0 Å². The minimum absolute atomic E-state index is 0.464. The zero-order valence-corrected chi connectivity index (χ0v) is 7.61. The Morgan fingerprint density at radius 1 is 1.73 bits per heavy atom. The Labute approximate surface area is 76.9 Å². The van der Waals surface area contributed by atoms with Gasteiger partial charge in [0.15, 0.2) is 0 Å². The normalized spacial score (nSPS) is 9.27. The molecule has 1 radical (unpaired) electrons.